The predicted molar refractivity (Wildman–Crippen MR) is 145 cm³/mol. The first-order valence-electron chi connectivity index (χ1n) is 12.5. The fourth-order valence-corrected chi connectivity index (χ4v) is 6.50. The zero-order valence-electron chi connectivity index (χ0n) is 22.1. The molecule has 3 aromatic rings. The number of aliphatic hydroxyl groups is 1. The molecule has 8 nitrogen and oxygen atoms in total. The van der Waals surface area contributed by atoms with Gasteiger partial charge in [0.2, 0.25) is 0 Å². The monoisotopic (exact) mass is 579 g/mol. The molecule has 1 amide bonds. The minimum Gasteiger partial charge on any atom is -0.395 e. The summed E-state index contributed by atoms with van der Waals surface area (Å²) in [5.41, 5.74) is 2.84. The summed E-state index contributed by atoms with van der Waals surface area (Å²) >= 11 is 0.952. The standard InChI is InChI=1S/C27H31F2N3O5S2/c1-5-7-17-11-19(16-9-10-21-22(13-16)37-27(28,29)36-21)12-18(8-6-2)20(17)14-23(33)32-39(30,35)24-15-31-25(38-24)26(3,4)34/h9-13,15,34H,5-8,14H2,1-4H3,(H2,30,32,33,35). The van der Waals surface area contributed by atoms with Crippen LogP contribution in [0.4, 0.5) is 8.78 Å². The van der Waals surface area contributed by atoms with Crippen LogP contribution in [0, 0.1) is 0 Å². The van der Waals surface area contributed by atoms with Crippen LogP contribution in [0.25, 0.3) is 11.1 Å². The van der Waals surface area contributed by atoms with Crippen molar-refractivity contribution in [3.8, 4) is 22.6 Å². The second-order valence-electron chi connectivity index (χ2n) is 9.88. The van der Waals surface area contributed by atoms with Gasteiger partial charge in [-0.15, -0.1) is 24.5 Å². The molecule has 39 heavy (non-hydrogen) atoms. The maximum atomic E-state index is 13.5. The lowest BCUT2D eigenvalue weighted by molar-refractivity contribution is -0.286. The highest BCUT2D eigenvalue weighted by molar-refractivity contribution is 7.93. The van der Waals surface area contributed by atoms with Crippen LogP contribution in [0.3, 0.4) is 0 Å². The first-order valence-corrected chi connectivity index (χ1v) is 14.9. The Morgan fingerprint density at radius 1 is 1.10 bits per heavy atom. The zero-order chi connectivity index (χ0) is 28.6. The molecule has 0 saturated heterocycles. The Kier molecular flexibility index (Phi) is 8.13. The van der Waals surface area contributed by atoms with Crippen molar-refractivity contribution < 1.29 is 32.4 Å². The highest BCUT2D eigenvalue weighted by Crippen LogP contribution is 2.43. The van der Waals surface area contributed by atoms with Gasteiger partial charge in [-0.1, -0.05) is 44.9 Å². The lowest BCUT2D eigenvalue weighted by Gasteiger charge is -2.17. The summed E-state index contributed by atoms with van der Waals surface area (Å²) in [6.45, 7) is 7.12. The van der Waals surface area contributed by atoms with Gasteiger partial charge < -0.3 is 14.6 Å². The van der Waals surface area contributed by atoms with E-state index in [0.717, 1.165) is 46.4 Å². The number of fused-ring (bicyclic) bond motifs is 1. The third-order valence-electron chi connectivity index (χ3n) is 6.07. The van der Waals surface area contributed by atoms with Crippen LogP contribution >= 0.6 is 11.3 Å². The number of hydrogen-bond donors (Lipinski definition) is 2. The number of alkyl halides is 2. The van der Waals surface area contributed by atoms with Crippen LogP contribution in [-0.2, 0) is 39.6 Å². The summed E-state index contributed by atoms with van der Waals surface area (Å²) < 4.78 is 53.3. The molecule has 0 spiro atoms. The molecule has 0 fully saturated rings. The van der Waals surface area contributed by atoms with Crippen molar-refractivity contribution in [2.75, 3.05) is 0 Å². The maximum absolute atomic E-state index is 13.5. The first-order chi connectivity index (χ1) is 18.2. The molecule has 1 atom stereocenters. The van der Waals surface area contributed by atoms with Crippen LogP contribution in [-0.4, -0.2) is 26.5 Å². The number of thiazole rings is 1. The lowest BCUT2D eigenvalue weighted by Crippen LogP contribution is -2.25. The molecule has 1 aliphatic rings. The van der Waals surface area contributed by atoms with Gasteiger partial charge in [-0.25, -0.2) is 14.3 Å². The van der Waals surface area contributed by atoms with E-state index < -0.39 is 27.7 Å². The van der Waals surface area contributed by atoms with E-state index in [1.54, 1.807) is 19.9 Å². The minimum absolute atomic E-state index is 0.0314. The second kappa shape index (κ2) is 10.9. The molecule has 0 aliphatic carbocycles. The van der Waals surface area contributed by atoms with Gasteiger partial charge in [-0.05, 0) is 66.6 Å². The Hall–Kier alpha value is -2.93. The molecule has 1 unspecified atom stereocenters. The third kappa shape index (κ3) is 6.63. The summed E-state index contributed by atoms with van der Waals surface area (Å²) in [6.07, 6.45) is 0.410. The van der Waals surface area contributed by atoms with E-state index in [-0.39, 0.29) is 22.1 Å². The van der Waals surface area contributed by atoms with E-state index in [2.05, 4.69) is 18.8 Å². The SMILES string of the molecule is CCCc1cc(-c2ccc3c(c2)OC(F)(F)O3)cc(CCC)c1CC(=O)N=S(N)(=O)c1cnc(C(C)(C)O)s1. The molecule has 3 N–H and O–H groups in total. The number of benzene rings is 2. The van der Waals surface area contributed by atoms with Crippen LogP contribution < -0.4 is 14.6 Å². The van der Waals surface area contributed by atoms with Crippen LogP contribution in [0.2, 0.25) is 0 Å². The van der Waals surface area contributed by atoms with Gasteiger partial charge in [-0.2, -0.15) is 0 Å². The fourth-order valence-electron chi connectivity index (χ4n) is 4.36. The molecule has 12 heteroatoms. The normalized spacial score (nSPS) is 15.7. The number of amides is 1. The fraction of sp³-hybridized carbons (Fsp3) is 0.407. The van der Waals surface area contributed by atoms with E-state index in [1.807, 2.05) is 26.0 Å². The molecule has 1 aliphatic heterocycles. The van der Waals surface area contributed by atoms with E-state index in [4.69, 9.17) is 5.14 Å². The summed E-state index contributed by atoms with van der Waals surface area (Å²) in [5.74, 6) is -0.706. The number of halogens is 2. The Morgan fingerprint density at radius 3 is 2.28 bits per heavy atom. The number of carbonyl (C=O) groups excluding carboxylic acids is 1. The number of ether oxygens (including phenoxy) is 2. The van der Waals surface area contributed by atoms with Crippen molar-refractivity contribution in [2.24, 2.45) is 9.50 Å². The molecule has 0 bridgehead atoms. The molecule has 2 aromatic carbocycles. The molecule has 210 valence electrons. The van der Waals surface area contributed by atoms with Gasteiger partial charge in [0.25, 0.3) is 5.91 Å². The average molecular weight is 580 g/mol. The van der Waals surface area contributed by atoms with E-state index in [1.165, 1.54) is 18.3 Å². The van der Waals surface area contributed by atoms with Crippen molar-refractivity contribution >= 4 is 27.2 Å². The highest BCUT2D eigenvalue weighted by atomic mass is 32.2. The van der Waals surface area contributed by atoms with Gasteiger partial charge in [-0.3, -0.25) is 4.79 Å². The summed E-state index contributed by atoms with van der Waals surface area (Å²) in [6, 6.07) is 8.50. The van der Waals surface area contributed by atoms with Crippen LogP contribution in [0.1, 0.15) is 62.2 Å². The van der Waals surface area contributed by atoms with Gasteiger partial charge >= 0.3 is 6.29 Å². The predicted octanol–water partition coefficient (Wildman–Crippen LogP) is 5.73. The van der Waals surface area contributed by atoms with Crippen molar-refractivity contribution in [1.29, 1.82) is 0 Å². The van der Waals surface area contributed by atoms with Gasteiger partial charge in [0, 0.05) is 0 Å². The third-order valence-corrected chi connectivity index (χ3v) is 9.30. The number of nitrogens with two attached hydrogens (primary N) is 1. The van der Waals surface area contributed by atoms with Crippen LogP contribution in [0.15, 0.2) is 45.1 Å². The molecule has 1 aromatic heterocycles. The average Bonchev–Trinajstić information content (AvgIpc) is 3.44. The summed E-state index contributed by atoms with van der Waals surface area (Å²) in [5, 5.41) is 16.4. The molecular formula is C27H31F2N3O5S2. The van der Waals surface area contributed by atoms with Crippen molar-refractivity contribution in [3.05, 3.63) is 58.2 Å². The largest absolute Gasteiger partial charge is 0.586 e. The van der Waals surface area contributed by atoms with Crippen molar-refractivity contribution in [2.45, 2.75) is 75.9 Å². The number of aromatic nitrogens is 1. The smallest absolute Gasteiger partial charge is 0.395 e. The van der Waals surface area contributed by atoms with Gasteiger partial charge in [0.1, 0.15) is 14.8 Å². The Morgan fingerprint density at radius 2 is 1.72 bits per heavy atom. The number of rotatable bonds is 9. The topological polar surface area (TPSA) is 124 Å². The zero-order valence-corrected chi connectivity index (χ0v) is 23.8. The highest BCUT2D eigenvalue weighted by Gasteiger charge is 2.43. The summed E-state index contributed by atoms with van der Waals surface area (Å²) in [4.78, 5) is 17.1. The van der Waals surface area contributed by atoms with E-state index in [0.29, 0.717) is 23.4 Å². The summed E-state index contributed by atoms with van der Waals surface area (Å²) in [7, 11) is -3.55. The molecule has 0 saturated carbocycles. The van der Waals surface area contributed by atoms with Gasteiger partial charge in [0.15, 0.2) is 21.4 Å². The first kappa shape index (κ1) is 29.1. The Bertz CT molecular complexity index is 1490. The van der Waals surface area contributed by atoms with Gasteiger partial charge in [0.05, 0.1) is 12.6 Å². The quantitative estimate of drug-likeness (QED) is 0.334. The number of carbonyl (C=O) groups is 1. The molecule has 4 rings (SSSR count). The van der Waals surface area contributed by atoms with Crippen LogP contribution in [0.5, 0.6) is 11.5 Å². The maximum Gasteiger partial charge on any atom is 0.586 e. The Balaban J connectivity index is 1.69. The molecular weight excluding hydrogens is 548 g/mol. The van der Waals surface area contributed by atoms with Crippen molar-refractivity contribution in [3.63, 3.8) is 0 Å². The minimum atomic E-state index is -3.70. The van der Waals surface area contributed by atoms with E-state index in [9.17, 15) is 22.9 Å². The number of aryl methyl sites for hydroxylation is 2. The second-order valence-corrected chi connectivity index (χ2v) is 12.9. The molecule has 0 radical (unpaired) electrons. The number of nitrogens with zero attached hydrogens (tertiary/aromatic N) is 2. The lowest BCUT2D eigenvalue weighted by atomic mass is 9.88. The van der Waals surface area contributed by atoms with E-state index >= 15 is 0 Å². The molecule has 2 heterocycles. The Labute approximate surface area is 230 Å². The number of hydrogen-bond acceptors (Lipinski definition) is 7. The van der Waals surface area contributed by atoms with Crippen molar-refractivity contribution in [1.82, 2.24) is 4.98 Å².